The highest BCUT2D eigenvalue weighted by molar-refractivity contribution is 5.92. The number of hydrogen-bond acceptors (Lipinski definition) is 10. The van der Waals surface area contributed by atoms with Gasteiger partial charge in [-0.3, -0.25) is 4.79 Å². The molecule has 244 valence electrons. The SMILES string of the molecule is CC(C)C.CC1(CN)COC1.COc1cc2c(N)nc(N3CCN(C(=O)CCc4ccc(C#N)cc4)CC3)nc2c(F)c1OC. The number of aryl methyl sites for hydroxylation is 1. The standard InChI is InChI=1S/C24H25FN6O3.C5H11NO.C4H10/c1-33-18-13-17-21(20(25)22(18)34-2)28-24(29-23(17)27)31-11-9-30(10-12-31)19(32)8-7-15-3-5-16(14-26)6-4-15;1-5(2-6)3-7-4-5;1-4(2)3/h3-6,13H,7-12H2,1-2H3,(H2,27,28,29);2-4,6H2,1H3;4H,1-3H3. The van der Waals surface area contributed by atoms with Crippen LogP contribution in [0, 0.1) is 28.5 Å². The Hall–Kier alpha value is -4.21. The number of halogens is 1. The number of amides is 1. The van der Waals surface area contributed by atoms with Crippen LogP contribution in [0.2, 0.25) is 0 Å². The summed E-state index contributed by atoms with van der Waals surface area (Å²) in [6, 6.07) is 10.9. The number of nitrogen functional groups attached to an aromatic ring is 1. The fraction of sp³-hybridized carbons (Fsp3) is 0.515. The van der Waals surface area contributed by atoms with Crippen molar-refractivity contribution >= 4 is 28.6 Å². The maximum Gasteiger partial charge on any atom is 0.228 e. The largest absolute Gasteiger partial charge is 0.493 e. The summed E-state index contributed by atoms with van der Waals surface area (Å²) < 4.78 is 30.3. The van der Waals surface area contributed by atoms with E-state index in [1.807, 2.05) is 17.0 Å². The molecular formula is C33H46FN7O4. The lowest BCUT2D eigenvalue weighted by Gasteiger charge is -2.36. The summed E-state index contributed by atoms with van der Waals surface area (Å²) in [5, 5.41) is 9.23. The lowest BCUT2D eigenvalue weighted by Crippen LogP contribution is -2.49. The molecule has 0 saturated carbocycles. The lowest BCUT2D eigenvalue weighted by molar-refractivity contribution is -0.131. The van der Waals surface area contributed by atoms with Gasteiger partial charge in [0.05, 0.1) is 39.1 Å². The van der Waals surface area contributed by atoms with Crippen molar-refractivity contribution in [3.05, 3.63) is 47.3 Å². The number of carbonyl (C=O) groups is 1. The van der Waals surface area contributed by atoms with Crippen molar-refractivity contribution in [2.45, 2.75) is 40.5 Å². The summed E-state index contributed by atoms with van der Waals surface area (Å²) in [6.45, 7) is 13.1. The predicted molar refractivity (Wildman–Crippen MR) is 174 cm³/mol. The molecule has 3 heterocycles. The molecule has 2 aliphatic rings. The maximum atomic E-state index is 15.0. The molecule has 12 heteroatoms. The molecule has 0 bridgehead atoms. The van der Waals surface area contributed by atoms with Gasteiger partial charge < -0.3 is 35.5 Å². The molecule has 45 heavy (non-hydrogen) atoms. The first kappa shape index (κ1) is 35.3. The molecule has 11 nitrogen and oxygen atoms in total. The first-order valence-electron chi connectivity index (χ1n) is 15.1. The monoisotopic (exact) mass is 623 g/mol. The average Bonchev–Trinajstić information content (AvgIpc) is 3.03. The van der Waals surface area contributed by atoms with Gasteiger partial charge in [0.2, 0.25) is 11.9 Å². The summed E-state index contributed by atoms with van der Waals surface area (Å²) in [5.74, 6) is 0.844. The fourth-order valence-electron chi connectivity index (χ4n) is 4.56. The van der Waals surface area contributed by atoms with Crippen LogP contribution < -0.4 is 25.8 Å². The van der Waals surface area contributed by atoms with Crippen molar-refractivity contribution in [2.24, 2.45) is 17.1 Å². The Morgan fingerprint density at radius 3 is 2.20 bits per heavy atom. The zero-order chi connectivity index (χ0) is 33.1. The van der Waals surface area contributed by atoms with Crippen molar-refractivity contribution in [1.29, 1.82) is 5.26 Å². The van der Waals surface area contributed by atoms with Gasteiger partial charge in [-0.2, -0.15) is 10.2 Å². The van der Waals surface area contributed by atoms with E-state index in [-0.39, 0.29) is 28.7 Å². The lowest BCUT2D eigenvalue weighted by atomic mass is 9.89. The number of nitrogens with zero attached hydrogens (tertiary/aromatic N) is 5. The van der Waals surface area contributed by atoms with Crippen LogP contribution in [0.5, 0.6) is 11.5 Å². The number of ether oxygens (including phenoxy) is 3. The molecular weight excluding hydrogens is 577 g/mol. The molecule has 5 rings (SSSR count). The average molecular weight is 624 g/mol. The Kier molecular flexibility index (Phi) is 12.7. The molecule has 0 spiro atoms. The van der Waals surface area contributed by atoms with E-state index in [1.54, 1.807) is 23.1 Å². The Morgan fingerprint density at radius 1 is 1.11 bits per heavy atom. The molecule has 1 aromatic heterocycles. The number of hydrogen-bond donors (Lipinski definition) is 2. The number of carbonyl (C=O) groups excluding carboxylic acids is 1. The molecule has 0 atom stereocenters. The number of rotatable bonds is 7. The van der Waals surface area contributed by atoms with E-state index in [9.17, 15) is 4.79 Å². The molecule has 2 aromatic carbocycles. The Bertz CT molecular complexity index is 1460. The van der Waals surface area contributed by atoms with Crippen LogP contribution in [0.4, 0.5) is 16.2 Å². The first-order chi connectivity index (χ1) is 21.4. The maximum absolute atomic E-state index is 15.0. The van der Waals surface area contributed by atoms with Gasteiger partial charge in [-0.15, -0.1) is 0 Å². The Balaban J connectivity index is 0.000000425. The third-order valence-electron chi connectivity index (χ3n) is 7.31. The molecule has 4 N–H and O–H groups in total. The molecule has 2 fully saturated rings. The second-order valence-corrected chi connectivity index (χ2v) is 12.1. The van der Waals surface area contributed by atoms with Crippen LogP contribution in [-0.2, 0) is 16.0 Å². The molecule has 1 amide bonds. The summed E-state index contributed by atoms with van der Waals surface area (Å²) in [5.41, 5.74) is 13.5. The van der Waals surface area contributed by atoms with Gasteiger partial charge in [0.15, 0.2) is 17.3 Å². The van der Waals surface area contributed by atoms with Gasteiger partial charge in [0.25, 0.3) is 0 Å². The van der Waals surface area contributed by atoms with Crippen LogP contribution >= 0.6 is 0 Å². The van der Waals surface area contributed by atoms with Gasteiger partial charge in [-0.1, -0.05) is 39.8 Å². The minimum Gasteiger partial charge on any atom is -0.493 e. The zero-order valence-electron chi connectivity index (χ0n) is 27.2. The second-order valence-electron chi connectivity index (χ2n) is 12.1. The number of aromatic nitrogens is 2. The molecule has 3 aromatic rings. The number of benzene rings is 2. The highest BCUT2D eigenvalue weighted by atomic mass is 19.1. The zero-order valence-corrected chi connectivity index (χ0v) is 27.2. The summed E-state index contributed by atoms with van der Waals surface area (Å²) >= 11 is 0. The van der Waals surface area contributed by atoms with Crippen LogP contribution in [0.1, 0.15) is 45.2 Å². The highest BCUT2D eigenvalue weighted by Crippen LogP contribution is 2.37. The fourth-order valence-corrected chi connectivity index (χ4v) is 4.56. The van der Waals surface area contributed by atoms with Crippen molar-refractivity contribution in [3.63, 3.8) is 0 Å². The first-order valence-corrected chi connectivity index (χ1v) is 15.1. The Morgan fingerprint density at radius 2 is 1.73 bits per heavy atom. The molecule has 0 radical (unpaired) electrons. The van der Waals surface area contributed by atoms with Gasteiger partial charge in [-0.05, 0) is 36.1 Å². The van der Waals surface area contributed by atoms with Crippen LogP contribution in [0.15, 0.2) is 30.3 Å². The van der Waals surface area contributed by atoms with Gasteiger partial charge >= 0.3 is 0 Å². The van der Waals surface area contributed by atoms with Gasteiger partial charge in [0.1, 0.15) is 11.3 Å². The predicted octanol–water partition coefficient (Wildman–Crippen LogP) is 4.17. The van der Waals surface area contributed by atoms with E-state index in [0.29, 0.717) is 61.3 Å². The van der Waals surface area contributed by atoms with E-state index < -0.39 is 5.82 Å². The number of methoxy groups -OCH3 is 2. The van der Waals surface area contributed by atoms with Gasteiger partial charge in [-0.25, -0.2) is 9.37 Å². The summed E-state index contributed by atoms with van der Waals surface area (Å²) in [6.07, 6.45) is 0.998. The minimum absolute atomic E-state index is 0.0447. The van der Waals surface area contributed by atoms with E-state index in [1.165, 1.54) is 14.2 Å². The van der Waals surface area contributed by atoms with Crippen LogP contribution in [-0.4, -0.2) is 80.9 Å². The highest BCUT2D eigenvalue weighted by Gasteiger charge is 2.31. The van der Waals surface area contributed by atoms with E-state index in [0.717, 1.165) is 31.2 Å². The normalized spacial score (nSPS) is 15.2. The van der Waals surface area contributed by atoms with Crippen molar-refractivity contribution in [3.8, 4) is 17.6 Å². The number of nitriles is 1. The molecule has 2 aliphatic heterocycles. The van der Waals surface area contributed by atoms with Crippen molar-refractivity contribution < 1.29 is 23.4 Å². The topological polar surface area (TPSA) is 153 Å². The van der Waals surface area contributed by atoms with Crippen LogP contribution in [0.25, 0.3) is 10.9 Å². The quantitative estimate of drug-likeness (QED) is 0.392. The van der Waals surface area contributed by atoms with E-state index in [2.05, 4.69) is 43.7 Å². The smallest absolute Gasteiger partial charge is 0.228 e. The minimum atomic E-state index is -0.663. The van der Waals surface area contributed by atoms with Crippen molar-refractivity contribution in [2.75, 3.05) is 70.8 Å². The summed E-state index contributed by atoms with van der Waals surface area (Å²) in [4.78, 5) is 25.1. The van der Waals surface area contributed by atoms with Crippen molar-refractivity contribution in [1.82, 2.24) is 14.9 Å². The second kappa shape index (κ2) is 16.2. The molecule has 0 unspecified atom stereocenters. The number of fused-ring (bicyclic) bond motifs is 1. The number of anilines is 2. The Labute approximate surface area is 265 Å². The number of piperazine rings is 1. The summed E-state index contributed by atoms with van der Waals surface area (Å²) in [7, 11) is 2.77. The molecule has 2 saturated heterocycles. The van der Waals surface area contributed by atoms with E-state index >= 15 is 4.39 Å². The third kappa shape index (κ3) is 9.39. The molecule has 0 aliphatic carbocycles. The number of nitrogens with two attached hydrogens (primary N) is 2. The van der Waals surface area contributed by atoms with Gasteiger partial charge in [0, 0.05) is 49.9 Å². The third-order valence-corrected chi connectivity index (χ3v) is 7.31. The van der Waals surface area contributed by atoms with Crippen LogP contribution in [0.3, 0.4) is 0 Å². The van der Waals surface area contributed by atoms with E-state index in [4.69, 9.17) is 30.9 Å².